The Morgan fingerprint density at radius 1 is 1.59 bits per heavy atom. The Hall–Kier alpha value is -1.89. The van der Waals surface area contributed by atoms with E-state index in [2.05, 4.69) is 37.5 Å². The number of nitrogens with zero attached hydrogens (tertiary/aromatic N) is 1. The van der Waals surface area contributed by atoms with Gasteiger partial charge in [-0.15, -0.1) is 0 Å². The van der Waals surface area contributed by atoms with Crippen molar-refractivity contribution in [2.45, 2.75) is 0 Å². The Morgan fingerprint density at radius 2 is 2.29 bits per heavy atom. The highest BCUT2D eigenvalue weighted by atomic mass is 79.9. The number of carboxylic acid groups (broad SMARTS) is 1. The number of hydrogen-bond donors (Lipinski definition) is 2. The molecule has 1 aromatic heterocycles. The van der Waals surface area contributed by atoms with Crippen molar-refractivity contribution in [3.05, 3.63) is 35.0 Å². The summed E-state index contributed by atoms with van der Waals surface area (Å²) in [4.78, 5) is 25.6. The van der Waals surface area contributed by atoms with E-state index in [4.69, 9.17) is 5.11 Å². The monoisotopic (exact) mass is 300 g/mol. The van der Waals surface area contributed by atoms with E-state index in [9.17, 15) is 9.59 Å². The largest absolute Gasteiger partial charge is 0.477 e. The highest BCUT2D eigenvalue weighted by Gasteiger charge is 2.11. The SMILES string of the molecule is C=CCOC(=O)Nc1nc(C(=O)O)ccc1Br. The fourth-order valence-corrected chi connectivity index (χ4v) is 1.24. The summed E-state index contributed by atoms with van der Waals surface area (Å²) in [5, 5.41) is 11.1. The predicted molar refractivity (Wildman–Crippen MR) is 64.1 cm³/mol. The van der Waals surface area contributed by atoms with E-state index in [0.717, 1.165) is 0 Å². The van der Waals surface area contributed by atoms with Gasteiger partial charge in [-0.3, -0.25) is 5.32 Å². The van der Waals surface area contributed by atoms with Crippen molar-refractivity contribution in [2.75, 3.05) is 11.9 Å². The zero-order chi connectivity index (χ0) is 12.8. The number of halogens is 1. The van der Waals surface area contributed by atoms with Crippen LogP contribution in [0, 0.1) is 0 Å². The van der Waals surface area contributed by atoms with Crippen molar-refractivity contribution in [1.29, 1.82) is 0 Å². The number of carboxylic acids is 1. The van der Waals surface area contributed by atoms with Crippen LogP contribution in [0.1, 0.15) is 10.5 Å². The molecule has 0 aliphatic carbocycles. The molecule has 6 nitrogen and oxygen atoms in total. The van der Waals surface area contributed by atoms with Crippen molar-refractivity contribution < 1.29 is 19.4 Å². The van der Waals surface area contributed by atoms with E-state index in [-0.39, 0.29) is 18.1 Å². The number of nitrogens with one attached hydrogen (secondary N) is 1. The van der Waals surface area contributed by atoms with Crippen molar-refractivity contribution in [3.63, 3.8) is 0 Å². The molecule has 1 amide bonds. The number of carbonyl (C=O) groups excluding carboxylic acids is 1. The minimum absolute atomic E-state index is 0.0576. The van der Waals surface area contributed by atoms with Crippen molar-refractivity contribution in [2.24, 2.45) is 0 Å². The molecule has 0 aromatic carbocycles. The second-order valence-corrected chi connectivity index (χ2v) is 3.70. The van der Waals surface area contributed by atoms with Crippen LogP contribution in [0.25, 0.3) is 0 Å². The van der Waals surface area contributed by atoms with Crippen LogP contribution in [0.3, 0.4) is 0 Å². The third kappa shape index (κ3) is 3.87. The topological polar surface area (TPSA) is 88.5 Å². The quantitative estimate of drug-likeness (QED) is 0.833. The lowest BCUT2D eigenvalue weighted by atomic mass is 10.3. The van der Waals surface area contributed by atoms with Crippen LogP contribution in [0.4, 0.5) is 10.6 Å². The highest BCUT2D eigenvalue weighted by molar-refractivity contribution is 9.10. The Kier molecular flexibility index (Phi) is 4.65. The average molecular weight is 301 g/mol. The minimum atomic E-state index is -1.18. The second kappa shape index (κ2) is 6.00. The zero-order valence-electron chi connectivity index (χ0n) is 8.64. The lowest BCUT2D eigenvalue weighted by Crippen LogP contribution is -2.16. The van der Waals surface area contributed by atoms with Crippen LogP contribution in [0.2, 0.25) is 0 Å². The number of amides is 1. The third-order valence-electron chi connectivity index (χ3n) is 1.62. The maximum absolute atomic E-state index is 11.2. The first kappa shape index (κ1) is 13.2. The second-order valence-electron chi connectivity index (χ2n) is 2.84. The molecule has 0 saturated heterocycles. The van der Waals surface area contributed by atoms with Gasteiger partial charge in [0, 0.05) is 0 Å². The van der Waals surface area contributed by atoms with Crippen molar-refractivity contribution in [1.82, 2.24) is 4.98 Å². The normalized spacial score (nSPS) is 9.47. The van der Waals surface area contributed by atoms with Gasteiger partial charge >= 0.3 is 12.1 Å². The maximum atomic E-state index is 11.2. The van der Waals surface area contributed by atoms with Crippen LogP contribution in [-0.4, -0.2) is 28.8 Å². The maximum Gasteiger partial charge on any atom is 0.413 e. The average Bonchev–Trinajstić information content (AvgIpc) is 2.29. The molecule has 0 aliphatic rings. The van der Waals surface area contributed by atoms with E-state index in [1.165, 1.54) is 18.2 Å². The van der Waals surface area contributed by atoms with Crippen LogP contribution in [-0.2, 0) is 4.74 Å². The van der Waals surface area contributed by atoms with E-state index in [1.54, 1.807) is 0 Å². The molecule has 7 heteroatoms. The van der Waals surface area contributed by atoms with Crippen LogP contribution >= 0.6 is 15.9 Å². The van der Waals surface area contributed by atoms with Gasteiger partial charge in [-0.05, 0) is 28.1 Å². The lowest BCUT2D eigenvalue weighted by Gasteiger charge is -2.06. The number of ether oxygens (including phenoxy) is 1. The zero-order valence-corrected chi connectivity index (χ0v) is 10.2. The Bertz CT molecular complexity index is 462. The van der Waals surface area contributed by atoms with E-state index in [0.29, 0.717) is 4.47 Å². The molecule has 0 spiro atoms. The summed E-state index contributed by atoms with van der Waals surface area (Å²) >= 11 is 3.13. The molecule has 1 heterocycles. The van der Waals surface area contributed by atoms with Gasteiger partial charge in [0.2, 0.25) is 0 Å². The molecule has 0 radical (unpaired) electrons. The van der Waals surface area contributed by atoms with Gasteiger partial charge < -0.3 is 9.84 Å². The van der Waals surface area contributed by atoms with Crippen LogP contribution < -0.4 is 5.32 Å². The van der Waals surface area contributed by atoms with Crippen molar-refractivity contribution >= 4 is 33.8 Å². The molecule has 1 rings (SSSR count). The van der Waals surface area contributed by atoms with E-state index < -0.39 is 12.1 Å². The van der Waals surface area contributed by atoms with Gasteiger partial charge in [-0.1, -0.05) is 12.7 Å². The first-order valence-electron chi connectivity index (χ1n) is 4.49. The molecule has 0 atom stereocenters. The van der Waals surface area contributed by atoms with Gasteiger partial charge in [0.15, 0.2) is 11.5 Å². The summed E-state index contributed by atoms with van der Waals surface area (Å²) < 4.78 is 5.13. The molecule has 0 unspecified atom stereocenters. The van der Waals surface area contributed by atoms with Gasteiger partial charge in [-0.2, -0.15) is 0 Å². The van der Waals surface area contributed by atoms with Gasteiger partial charge in [0.05, 0.1) is 4.47 Å². The molecule has 1 aromatic rings. The fraction of sp³-hybridized carbons (Fsp3) is 0.100. The molecule has 90 valence electrons. The number of pyridine rings is 1. The summed E-state index contributed by atoms with van der Waals surface area (Å²) in [6.07, 6.45) is 0.677. The van der Waals surface area contributed by atoms with Gasteiger partial charge in [-0.25, -0.2) is 14.6 Å². The number of anilines is 1. The number of rotatable bonds is 4. The summed E-state index contributed by atoms with van der Waals surface area (Å²) in [7, 11) is 0. The predicted octanol–water partition coefficient (Wildman–Crippen LogP) is 2.28. The molecule has 0 aliphatic heterocycles. The first-order chi connectivity index (χ1) is 8.04. The summed E-state index contributed by atoms with van der Waals surface area (Å²) in [6.45, 7) is 3.44. The molecule has 0 saturated carbocycles. The first-order valence-corrected chi connectivity index (χ1v) is 5.28. The molecule has 2 N–H and O–H groups in total. The number of hydrogen-bond acceptors (Lipinski definition) is 4. The van der Waals surface area contributed by atoms with Gasteiger partial charge in [0.25, 0.3) is 0 Å². The van der Waals surface area contributed by atoms with Crippen LogP contribution in [0.15, 0.2) is 29.3 Å². The molecular formula is C10H9BrN2O4. The standard InChI is InChI=1S/C10H9BrN2O4/c1-2-5-17-10(16)13-8-6(11)3-4-7(12-8)9(14)15/h2-4H,1,5H2,(H,14,15)(H,12,13,16). The smallest absolute Gasteiger partial charge is 0.413 e. The molecular weight excluding hydrogens is 292 g/mol. The van der Waals surface area contributed by atoms with E-state index >= 15 is 0 Å². The number of aromatic nitrogens is 1. The molecule has 0 bridgehead atoms. The Labute approximate surface area is 105 Å². The van der Waals surface area contributed by atoms with E-state index in [1.807, 2.05) is 0 Å². The molecule has 17 heavy (non-hydrogen) atoms. The molecule has 0 fully saturated rings. The van der Waals surface area contributed by atoms with Gasteiger partial charge in [0.1, 0.15) is 6.61 Å². The summed E-state index contributed by atoms with van der Waals surface area (Å²) in [6, 6.07) is 2.78. The van der Waals surface area contributed by atoms with Crippen molar-refractivity contribution in [3.8, 4) is 0 Å². The fourth-order valence-electron chi connectivity index (χ4n) is 0.916. The Morgan fingerprint density at radius 3 is 2.88 bits per heavy atom. The third-order valence-corrected chi connectivity index (χ3v) is 2.26. The highest BCUT2D eigenvalue weighted by Crippen LogP contribution is 2.20. The Balaban J connectivity index is 2.82. The lowest BCUT2D eigenvalue weighted by molar-refractivity contribution is 0.0690. The summed E-state index contributed by atoms with van der Waals surface area (Å²) in [5.41, 5.74) is -0.174. The number of aromatic carboxylic acids is 1. The number of carbonyl (C=O) groups is 2. The minimum Gasteiger partial charge on any atom is -0.477 e. The summed E-state index contributed by atoms with van der Waals surface area (Å²) in [5.74, 6) is -1.10. The van der Waals surface area contributed by atoms with Crippen LogP contribution in [0.5, 0.6) is 0 Å².